The molecule has 3 N–H and O–H groups in total. The van der Waals surface area contributed by atoms with Crippen LogP contribution in [0.25, 0.3) is 0 Å². The molecule has 0 spiro atoms. The largest absolute Gasteiger partial charge is 0.409 e. The van der Waals surface area contributed by atoms with Crippen LogP contribution in [0.1, 0.15) is 24.8 Å². The zero-order chi connectivity index (χ0) is 15.0. The second-order valence-electron chi connectivity index (χ2n) is 5.06. The number of amidine groups is 1. The minimum absolute atomic E-state index is 0.0806. The van der Waals surface area contributed by atoms with Crippen LogP contribution in [0.5, 0.6) is 0 Å². The molecule has 0 aromatic heterocycles. The van der Waals surface area contributed by atoms with Gasteiger partial charge in [-0.3, -0.25) is 0 Å². The van der Waals surface area contributed by atoms with Crippen molar-refractivity contribution >= 4 is 17.6 Å². The van der Waals surface area contributed by atoms with Gasteiger partial charge in [0.05, 0.1) is 5.92 Å². The van der Waals surface area contributed by atoms with Crippen LogP contribution in [-0.4, -0.2) is 47.6 Å². The predicted octanol–water partition coefficient (Wildman–Crippen LogP) is 2.59. The van der Waals surface area contributed by atoms with E-state index < -0.39 is 0 Å². The first kappa shape index (κ1) is 16.9. The number of nitrogens with zero attached hydrogens (tertiary/aromatic N) is 2. The molecule has 0 aliphatic rings. The van der Waals surface area contributed by atoms with Gasteiger partial charge in [-0.25, -0.2) is 0 Å². The molecule has 20 heavy (non-hydrogen) atoms. The minimum Gasteiger partial charge on any atom is -0.409 e. The van der Waals surface area contributed by atoms with Gasteiger partial charge in [-0.05, 0) is 38.0 Å². The highest BCUT2D eigenvalue weighted by molar-refractivity contribution is 7.98. The molecule has 0 amide bonds. The summed E-state index contributed by atoms with van der Waals surface area (Å²) in [6.45, 7) is 2.96. The summed E-state index contributed by atoms with van der Waals surface area (Å²) in [5.74, 6) is 1.33. The van der Waals surface area contributed by atoms with E-state index in [1.54, 1.807) is 0 Å². The molecule has 0 aliphatic heterocycles. The predicted molar refractivity (Wildman–Crippen MR) is 87.7 cm³/mol. The number of thioether (sulfide) groups is 1. The lowest BCUT2D eigenvalue weighted by molar-refractivity contribution is 0.247. The van der Waals surface area contributed by atoms with Gasteiger partial charge in [0, 0.05) is 12.6 Å². The van der Waals surface area contributed by atoms with E-state index in [-0.39, 0.29) is 11.8 Å². The molecule has 0 fully saturated rings. The molecule has 0 heterocycles. The monoisotopic (exact) mass is 295 g/mol. The van der Waals surface area contributed by atoms with E-state index in [1.807, 2.05) is 42.1 Å². The Labute approximate surface area is 126 Å². The summed E-state index contributed by atoms with van der Waals surface area (Å²) in [6.07, 6.45) is 3.26. The van der Waals surface area contributed by atoms with Crippen LogP contribution in [0, 0.1) is 0 Å². The van der Waals surface area contributed by atoms with Gasteiger partial charge in [0.25, 0.3) is 0 Å². The third-order valence-electron chi connectivity index (χ3n) is 3.64. The number of likely N-dealkylation sites (N-methyl/N-ethyl adjacent to an activating group) is 1. The van der Waals surface area contributed by atoms with Gasteiger partial charge in [-0.2, -0.15) is 11.8 Å². The van der Waals surface area contributed by atoms with Crippen molar-refractivity contribution in [3.8, 4) is 0 Å². The quantitative estimate of drug-likeness (QED) is 0.335. The van der Waals surface area contributed by atoms with Crippen molar-refractivity contribution in [2.75, 3.05) is 25.6 Å². The number of oxime groups is 1. The topological polar surface area (TPSA) is 61.8 Å². The fourth-order valence-corrected chi connectivity index (χ4v) is 2.68. The van der Waals surface area contributed by atoms with Crippen LogP contribution in [0.2, 0.25) is 0 Å². The lowest BCUT2D eigenvalue weighted by atomic mass is 9.97. The minimum atomic E-state index is -0.0806. The fraction of sp³-hybridized carbons (Fsp3) is 0.533. The van der Waals surface area contributed by atoms with Gasteiger partial charge < -0.3 is 15.8 Å². The van der Waals surface area contributed by atoms with Crippen LogP contribution >= 0.6 is 11.8 Å². The average molecular weight is 295 g/mol. The maximum Gasteiger partial charge on any atom is 0.147 e. The number of hydrogen-bond donors (Lipinski definition) is 2. The van der Waals surface area contributed by atoms with Gasteiger partial charge in [-0.1, -0.05) is 35.5 Å². The molecule has 5 heteroatoms. The Morgan fingerprint density at radius 2 is 2.05 bits per heavy atom. The third kappa shape index (κ3) is 5.06. The van der Waals surface area contributed by atoms with E-state index in [9.17, 15) is 0 Å². The molecule has 112 valence electrons. The van der Waals surface area contributed by atoms with Crippen LogP contribution in [0.3, 0.4) is 0 Å². The standard InChI is InChI=1S/C15H25N3OS/c1-12(9-10-20-3)18(2)11-14(15(16)17-19)13-7-5-4-6-8-13/h4-8,12,14,19H,9-11H2,1-3H3,(H2,16,17). The highest BCUT2D eigenvalue weighted by atomic mass is 32.2. The second kappa shape index (κ2) is 8.87. The van der Waals surface area contributed by atoms with Crippen LogP contribution < -0.4 is 5.73 Å². The zero-order valence-electron chi connectivity index (χ0n) is 12.5. The summed E-state index contributed by atoms with van der Waals surface area (Å²) in [6, 6.07) is 10.4. The molecule has 0 saturated carbocycles. The lowest BCUT2D eigenvalue weighted by Crippen LogP contribution is -2.37. The number of hydrogen-bond acceptors (Lipinski definition) is 4. The lowest BCUT2D eigenvalue weighted by Gasteiger charge is -2.28. The highest BCUT2D eigenvalue weighted by Crippen LogP contribution is 2.19. The van der Waals surface area contributed by atoms with Crippen molar-refractivity contribution in [2.24, 2.45) is 10.9 Å². The molecular weight excluding hydrogens is 270 g/mol. The van der Waals surface area contributed by atoms with Crippen LogP contribution in [0.4, 0.5) is 0 Å². The molecule has 1 rings (SSSR count). The third-order valence-corrected chi connectivity index (χ3v) is 4.28. The van der Waals surface area contributed by atoms with E-state index in [1.165, 1.54) is 0 Å². The summed E-state index contributed by atoms with van der Waals surface area (Å²) < 4.78 is 0. The Hall–Kier alpha value is -1.20. The molecule has 0 aliphatic carbocycles. The van der Waals surface area contributed by atoms with Gasteiger partial charge in [-0.15, -0.1) is 0 Å². The van der Waals surface area contributed by atoms with Gasteiger partial charge in [0.2, 0.25) is 0 Å². The first-order valence-electron chi connectivity index (χ1n) is 6.81. The summed E-state index contributed by atoms with van der Waals surface area (Å²) in [7, 11) is 2.09. The molecular formula is C15H25N3OS. The average Bonchev–Trinajstić information content (AvgIpc) is 2.49. The molecule has 1 aromatic rings. The molecule has 0 radical (unpaired) electrons. The van der Waals surface area contributed by atoms with Crippen molar-refractivity contribution in [1.82, 2.24) is 4.90 Å². The first-order chi connectivity index (χ1) is 9.60. The van der Waals surface area contributed by atoms with Gasteiger partial charge >= 0.3 is 0 Å². The van der Waals surface area contributed by atoms with Gasteiger partial charge in [0.1, 0.15) is 5.84 Å². The number of nitrogens with two attached hydrogens (primary N) is 1. The Kier molecular flexibility index (Phi) is 7.47. The van der Waals surface area contributed by atoms with E-state index in [0.29, 0.717) is 6.04 Å². The molecule has 2 unspecified atom stereocenters. The Balaban J connectivity index is 2.76. The van der Waals surface area contributed by atoms with Crippen LogP contribution in [-0.2, 0) is 0 Å². The van der Waals surface area contributed by atoms with Crippen molar-refractivity contribution in [2.45, 2.75) is 25.3 Å². The van der Waals surface area contributed by atoms with E-state index >= 15 is 0 Å². The van der Waals surface area contributed by atoms with Gasteiger partial charge in [0.15, 0.2) is 0 Å². The number of benzene rings is 1. The molecule has 4 nitrogen and oxygen atoms in total. The summed E-state index contributed by atoms with van der Waals surface area (Å²) in [4.78, 5) is 2.27. The normalized spacial score (nSPS) is 15.3. The maximum atomic E-state index is 9.00. The Bertz CT molecular complexity index is 411. The highest BCUT2D eigenvalue weighted by Gasteiger charge is 2.20. The molecule has 0 saturated heterocycles. The smallest absolute Gasteiger partial charge is 0.147 e. The SMILES string of the molecule is CSCCC(C)N(C)CC(/C(N)=N/O)c1ccccc1. The first-order valence-corrected chi connectivity index (χ1v) is 8.21. The van der Waals surface area contributed by atoms with Crippen molar-refractivity contribution in [3.05, 3.63) is 35.9 Å². The van der Waals surface area contributed by atoms with E-state index in [0.717, 1.165) is 24.3 Å². The number of rotatable bonds is 8. The Morgan fingerprint density at radius 3 is 2.60 bits per heavy atom. The molecule has 1 aromatic carbocycles. The molecule has 0 bridgehead atoms. The van der Waals surface area contributed by atoms with Crippen LogP contribution in [0.15, 0.2) is 35.5 Å². The van der Waals surface area contributed by atoms with E-state index in [4.69, 9.17) is 10.9 Å². The fourth-order valence-electron chi connectivity index (χ4n) is 2.10. The van der Waals surface area contributed by atoms with E-state index in [2.05, 4.69) is 30.3 Å². The van der Waals surface area contributed by atoms with Crippen molar-refractivity contribution in [1.29, 1.82) is 0 Å². The second-order valence-corrected chi connectivity index (χ2v) is 6.04. The maximum absolute atomic E-state index is 9.00. The summed E-state index contributed by atoms with van der Waals surface area (Å²) in [5.41, 5.74) is 6.94. The van der Waals surface area contributed by atoms with Crippen molar-refractivity contribution in [3.63, 3.8) is 0 Å². The Morgan fingerprint density at radius 1 is 1.40 bits per heavy atom. The summed E-state index contributed by atoms with van der Waals surface area (Å²) in [5, 5.41) is 12.2. The summed E-state index contributed by atoms with van der Waals surface area (Å²) >= 11 is 1.86. The molecule has 2 atom stereocenters. The zero-order valence-corrected chi connectivity index (χ0v) is 13.3. The van der Waals surface area contributed by atoms with Crippen molar-refractivity contribution < 1.29 is 5.21 Å².